The molecule has 10 nitrogen and oxygen atoms in total. The highest BCUT2D eigenvalue weighted by Crippen LogP contribution is 2.46. The first kappa shape index (κ1) is 20.3. The molecule has 0 saturated carbocycles. The molecule has 4 amide bonds. The van der Waals surface area contributed by atoms with E-state index in [2.05, 4.69) is 5.32 Å². The number of nitro groups is 1. The van der Waals surface area contributed by atoms with Gasteiger partial charge in [-0.15, -0.1) is 0 Å². The molecule has 3 aliphatic heterocycles. The van der Waals surface area contributed by atoms with Gasteiger partial charge in [-0.25, -0.2) is 4.79 Å². The molecular formula is C20H26N5O5+. The van der Waals surface area contributed by atoms with E-state index in [4.69, 9.17) is 0 Å². The summed E-state index contributed by atoms with van der Waals surface area (Å²) in [5, 5.41) is 13.7. The maximum atomic E-state index is 13.8. The zero-order valence-electron chi connectivity index (χ0n) is 17.5. The second kappa shape index (κ2) is 6.49. The molecule has 10 heteroatoms. The summed E-state index contributed by atoms with van der Waals surface area (Å²) in [7, 11) is 2.01. The molecule has 0 aliphatic carbocycles. The number of benzene rings is 1. The normalized spacial score (nSPS) is 28.9. The van der Waals surface area contributed by atoms with Gasteiger partial charge in [0.15, 0.2) is 5.41 Å². The number of likely N-dealkylation sites (N-methyl/N-ethyl adjacent to an activating group) is 1. The molecule has 2 N–H and O–H groups in total. The minimum atomic E-state index is -1.52. The number of carbonyl (C=O) groups is 3. The van der Waals surface area contributed by atoms with Gasteiger partial charge in [0.25, 0.3) is 5.69 Å². The van der Waals surface area contributed by atoms with Gasteiger partial charge in [0, 0.05) is 29.8 Å². The largest absolute Gasteiger partial charge is 0.355 e. The van der Waals surface area contributed by atoms with Crippen molar-refractivity contribution in [2.24, 2.45) is 5.41 Å². The van der Waals surface area contributed by atoms with Crippen LogP contribution in [0.4, 0.5) is 16.2 Å². The van der Waals surface area contributed by atoms with Crippen molar-refractivity contribution in [3.8, 4) is 0 Å². The Hall–Kier alpha value is -3.01. The number of quaternary nitrogens is 1. The first-order valence-corrected chi connectivity index (χ1v) is 10.0. The van der Waals surface area contributed by atoms with Crippen LogP contribution >= 0.6 is 0 Å². The number of piperazine rings is 1. The van der Waals surface area contributed by atoms with E-state index in [1.54, 1.807) is 26.8 Å². The fourth-order valence-corrected chi connectivity index (χ4v) is 4.98. The Morgan fingerprint density at radius 3 is 2.60 bits per heavy atom. The highest BCUT2D eigenvalue weighted by Gasteiger charge is 2.64. The molecule has 30 heavy (non-hydrogen) atoms. The molecule has 1 aromatic rings. The Bertz CT molecular complexity index is 971. The molecule has 0 bridgehead atoms. The first-order chi connectivity index (χ1) is 14.0. The lowest BCUT2D eigenvalue weighted by Gasteiger charge is -2.54. The van der Waals surface area contributed by atoms with Crippen LogP contribution in [0.5, 0.6) is 0 Å². The van der Waals surface area contributed by atoms with Crippen LogP contribution in [-0.4, -0.2) is 65.9 Å². The van der Waals surface area contributed by atoms with Gasteiger partial charge >= 0.3 is 6.03 Å². The van der Waals surface area contributed by atoms with Crippen LogP contribution in [0.3, 0.4) is 0 Å². The first-order valence-electron chi connectivity index (χ1n) is 10.0. The number of amides is 4. The van der Waals surface area contributed by atoms with Gasteiger partial charge in [0.2, 0.25) is 11.8 Å². The van der Waals surface area contributed by atoms with Gasteiger partial charge in [0.05, 0.1) is 31.6 Å². The zero-order valence-corrected chi connectivity index (χ0v) is 17.5. The summed E-state index contributed by atoms with van der Waals surface area (Å²) in [4.78, 5) is 54.9. The Kier molecular flexibility index (Phi) is 4.39. The molecule has 3 heterocycles. The molecule has 3 atom stereocenters. The van der Waals surface area contributed by atoms with Crippen LogP contribution in [0.2, 0.25) is 0 Å². The number of hydrogen-bond donors (Lipinski definition) is 2. The lowest BCUT2D eigenvalue weighted by Crippen LogP contribution is -3.14. The van der Waals surface area contributed by atoms with Crippen LogP contribution < -0.4 is 15.1 Å². The van der Waals surface area contributed by atoms with E-state index in [0.29, 0.717) is 18.7 Å². The predicted octanol–water partition coefficient (Wildman–Crippen LogP) is -0.282. The number of carbonyl (C=O) groups excluding carboxylic acids is 3. The molecule has 1 unspecified atom stereocenters. The van der Waals surface area contributed by atoms with Crippen molar-refractivity contribution in [2.45, 2.75) is 38.8 Å². The highest BCUT2D eigenvalue weighted by atomic mass is 16.6. The Labute approximate surface area is 173 Å². The van der Waals surface area contributed by atoms with Gasteiger partial charge in [-0.2, -0.15) is 0 Å². The third kappa shape index (κ3) is 2.78. The zero-order chi connectivity index (χ0) is 22.0. The van der Waals surface area contributed by atoms with Crippen molar-refractivity contribution in [1.82, 2.24) is 10.2 Å². The maximum absolute atomic E-state index is 13.8. The van der Waals surface area contributed by atoms with E-state index in [9.17, 15) is 24.5 Å². The van der Waals surface area contributed by atoms with Crippen LogP contribution in [0.15, 0.2) is 18.2 Å². The Morgan fingerprint density at radius 2 is 1.97 bits per heavy atom. The molecule has 0 aromatic heterocycles. The number of nitrogens with zero attached hydrogens (tertiary/aromatic N) is 3. The van der Waals surface area contributed by atoms with Gasteiger partial charge in [0.1, 0.15) is 6.04 Å². The summed E-state index contributed by atoms with van der Waals surface area (Å²) >= 11 is 0. The van der Waals surface area contributed by atoms with Gasteiger partial charge in [-0.05, 0) is 32.4 Å². The molecule has 1 aromatic carbocycles. The number of fused-ring (bicyclic) bond motifs is 4. The van der Waals surface area contributed by atoms with Gasteiger partial charge in [-0.1, -0.05) is 0 Å². The van der Waals surface area contributed by atoms with Crippen molar-refractivity contribution >= 4 is 29.2 Å². The molecule has 1 spiro atoms. The van der Waals surface area contributed by atoms with Gasteiger partial charge < -0.3 is 9.80 Å². The maximum Gasteiger partial charge on any atom is 0.331 e. The average molecular weight is 416 g/mol. The number of barbiturate groups is 1. The van der Waals surface area contributed by atoms with Crippen molar-refractivity contribution < 1.29 is 24.2 Å². The second-order valence-corrected chi connectivity index (χ2v) is 9.41. The number of nitrogens with one attached hydrogen (secondary N) is 2. The lowest BCUT2D eigenvalue weighted by molar-refractivity contribution is -0.883. The van der Waals surface area contributed by atoms with E-state index in [1.165, 1.54) is 17.0 Å². The van der Waals surface area contributed by atoms with Crippen LogP contribution in [0, 0.1) is 15.5 Å². The van der Waals surface area contributed by atoms with Crippen molar-refractivity contribution in [3.05, 3.63) is 33.9 Å². The third-order valence-corrected chi connectivity index (χ3v) is 6.40. The van der Waals surface area contributed by atoms with E-state index in [-0.39, 0.29) is 12.1 Å². The fourth-order valence-electron chi connectivity index (χ4n) is 4.98. The summed E-state index contributed by atoms with van der Waals surface area (Å²) in [5.74, 6) is -1.16. The Balaban J connectivity index is 1.91. The number of imide groups is 2. The van der Waals surface area contributed by atoms with Crippen molar-refractivity contribution in [2.75, 3.05) is 31.6 Å². The summed E-state index contributed by atoms with van der Waals surface area (Å²) in [6.45, 7) is 7.18. The molecule has 3 aliphatic rings. The number of anilines is 1. The van der Waals surface area contributed by atoms with E-state index in [1.807, 2.05) is 11.9 Å². The molecular weight excluding hydrogens is 390 g/mol. The van der Waals surface area contributed by atoms with Crippen molar-refractivity contribution in [1.29, 1.82) is 0 Å². The minimum absolute atomic E-state index is 0.0169. The van der Waals surface area contributed by atoms with Crippen LogP contribution in [0.1, 0.15) is 26.3 Å². The monoisotopic (exact) mass is 416 g/mol. The molecule has 2 fully saturated rings. The number of rotatable bonds is 1. The van der Waals surface area contributed by atoms with E-state index < -0.39 is 39.8 Å². The predicted molar refractivity (Wildman–Crippen MR) is 107 cm³/mol. The fraction of sp³-hybridized carbons (Fsp3) is 0.550. The molecule has 2 saturated heterocycles. The third-order valence-electron chi connectivity index (χ3n) is 6.40. The SMILES string of the molecule is C[NH+]1CCN2c3ccc([N+](=O)[O-])cc3C[C@@]3(C(=O)NC(=O)N(C(C)(C)C)C3=O)[C@@H]2C1. The molecule has 0 radical (unpaired) electrons. The second-order valence-electron chi connectivity index (χ2n) is 9.41. The molecule has 160 valence electrons. The smallest absolute Gasteiger partial charge is 0.331 e. The number of nitro benzene ring substituents is 1. The topological polar surface area (TPSA) is 117 Å². The highest BCUT2D eigenvalue weighted by molar-refractivity contribution is 6.20. The summed E-state index contributed by atoms with van der Waals surface area (Å²) in [6.07, 6.45) is 0.0169. The number of hydrogen-bond acceptors (Lipinski definition) is 6. The standard InChI is InChI=1S/C20H25N5O5/c1-19(2,3)24-17(27)20(16(26)21-18(24)28)10-12-9-13(25(29)30)5-6-14(12)23-8-7-22(4)11-15(20)23/h5-6,9,15H,7-8,10-11H2,1-4H3,(H,21,26,28)/p+1/t15-,20-/m0/s1. The van der Waals surface area contributed by atoms with Crippen molar-refractivity contribution in [3.63, 3.8) is 0 Å². The number of non-ortho nitro benzene ring substituents is 1. The lowest BCUT2D eigenvalue weighted by atomic mass is 9.67. The Morgan fingerprint density at radius 1 is 1.27 bits per heavy atom. The average Bonchev–Trinajstić information content (AvgIpc) is 2.64. The summed E-state index contributed by atoms with van der Waals surface area (Å²) < 4.78 is 0. The minimum Gasteiger partial charge on any atom is -0.355 e. The van der Waals surface area contributed by atoms with Gasteiger partial charge in [-0.3, -0.25) is 29.9 Å². The van der Waals surface area contributed by atoms with Crippen LogP contribution in [-0.2, 0) is 16.0 Å². The number of urea groups is 1. The van der Waals surface area contributed by atoms with E-state index in [0.717, 1.165) is 17.1 Å². The van der Waals surface area contributed by atoms with Crippen LogP contribution in [0.25, 0.3) is 0 Å². The quantitative estimate of drug-likeness (QED) is 0.369. The molecule has 4 rings (SSSR count). The summed E-state index contributed by atoms with van der Waals surface area (Å²) in [5.41, 5.74) is -1.05. The van der Waals surface area contributed by atoms with E-state index >= 15 is 0 Å². The summed E-state index contributed by atoms with van der Waals surface area (Å²) in [6, 6.07) is 3.41.